The fourth-order valence-electron chi connectivity index (χ4n) is 3.04. The lowest BCUT2D eigenvalue weighted by Crippen LogP contribution is -2.42. The number of benzene rings is 1. The Balaban J connectivity index is 1.67. The quantitative estimate of drug-likeness (QED) is 0.907. The van der Waals surface area contributed by atoms with Crippen LogP contribution >= 0.6 is 0 Å². The number of aliphatic carboxylic acids is 1. The van der Waals surface area contributed by atoms with Gasteiger partial charge in [0.1, 0.15) is 0 Å². The normalized spacial score (nSPS) is 17.8. The Morgan fingerprint density at radius 3 is 2.88 bits per heavy atom. The van der Waals surface area contributed by atoms with E-state index < -0.39 is 11.9 Å². The van der Waals surface area contributed by atoms with E-state index in [0.717, 1.165) is 0 Å². The summed E-state index contributed by atoms with van der Waals surface area (Å²) in [6.45, 7) is 1.07. The fraction of sp³-hybridized carbons (Fsp3) is 0.412. The summed E-state index contributed by atoms with van der Waals surface area (Å²) in [6, 6.07) is 7.08. The predicted molar refractivity (Wildman–Crippen MR) is 87.6 cm³/mol. The number of rotatable bonds is 4. The standard InChI is InChI=1S/C17H19N3O4/c21-15(19-8-3-4-12(10-19)17(23)24)7-9-20-11-18-14-6-2-1-5-13(14)16(20)22/h1-2,5-6,11-12H,3-4,7-10H2,(H,23,24)/t12-/m1/s1. The van der Waals surface area contributed by atoms with E-state index >= 15 is 0 Å². The van der Waals surface area contributed by atoms with Crippen LogP contribution in [0.2, 0.25) is 0 Å². The molecule has 1 saturated heterocycles. The van der Waals surface area contributed by atoms with Gasteiger partial charge in [-0.2, -0.15) is 0 Å². The second-order valence-corrected chi connectivity index (χ2v) is 6.03. The first-order valence-corrected chi connectivity index (χ1v) is 8.01. The Bertz CT molecular complexity index is 830. The molecule has 0 radical (unpaired) electrons. The number of amides is 1. The number of para-hydroxylation sites is 1. The van der Waals surface area contributed by atoms with Crippen LogP contribution in [0.4, 0.5) is 0 Å². The molecule has 1 fully saturated rings. The molecule has 0 aliphatic carbocycles. The monoisotopic (exact) mass is 329 g/mol. The summed E-state index contributed by atoms with van der Waals surface area (Å²) in [5, 5.41) is 9.62. The van der Waals surface area contributed by atoms with Gasteiger partial charge in [0.2, 0.25) is 5.91 Å². The molecule has 126 valence electrons. The molecule has 0 bridgehead atoms. The average molecular weight is 329 g/mol. The molecule has 1 aromatic carbocycles. The molecule has 1 atom stereocenters. The molecular weight excluding hydrogens is 310 g/mol. The molecule has 0 saturated carbocycles. The van der Waals surface area contributed by atoms with Crippen LogP contribution in [0.1, 0.15) is 19.3 Å². The lowest BCUT2D eigenvalue weighted by atomic mass is 9.98. The van der Waals surface area contributed by atoms with Gasteiger partial charge < -0.3 is 10.0 Å². The molecule has 1 aromatic heterocycles. The molecule has 7 heteroatoms. The Labute approximate surface area is 138 Å². The molecule has 2 aromatic rings. The second-order valence-electron chi connectivity index (χ2n) is 6.03. The number of hydrogen-bond donors (Lipinski definition) is 1. The lowest BCUT2D eigenvalue weighted by Gasteiger charge is -2.30. The Morgan fingerprint density at radius 1 is 1.29 bits per heavy atom. The van der Waals surface area contributed by atoms with Crippen molar-refractivity contribution >= 4 is 22.8 Å². The van der Waals surface area contributed by atoms with Crippen LogP contribution in [0.15, 0.2) is 35.4 Å². The van der Waals surface area contributed by atoms with Crippen molar-refractivity contribution < 1.29 is 14.7 Å². The third-order valence-corrected chi connectivity index (χ3v) is 4.42. The van der Waals surface area contributed by atoms with Crippen molar-refractivity contribution in [2.75, 3.05) is 13.1 Å². The van der Waals surface area contributed by atoms with Crippen LogP contribution in [0.3, 0.4) is 0 Å². The van der Waals surface area contributed by atoms with E-state index in [-0.39, 0.29) is 31.0 Å². The SMILES string of the molecule is O=C(O)[C@@H]1CCCN(C(=O)CCn2cnc3ccccc3c2=O)C1. The topological polar surface area (TPSA) is 92.5 Å². The highest BCUT2D eigenvalue weighted by atomic mass is 16.4. The van der Waals surface area contributed by atoms with Crippen LogP contribution in [0.25, 0.3) is 10.9 Å². The molecule has 3 rings (SSSR count). The van der Waals surface area contributed by atoms with E-state index in [0.29, 0.717) is 30.3 Å². The minimum Gasteiger partial charge on any atom is -0.481 e. The number of likely N-dealkylation sites (tertiary alicyclic amines) is 1. The molecular formula is C17H19N3O4. The van der Waals surface area contributed by atoms with Crippen molar-refractivity contribution in [2.45, 2.75) is 25.8 Å². The first-order chi connectivity index (χ1) is 11.6. The van der Waals surface area contributed by atoms with Gasteiger partial charge in [-0.3, -0.25) is 19.0 Å². The smallest absolute Gasteiger partial charge is 0.308 e. The largest absolute Gasteiger partial charge is 0.481 e. The molecule has 0 spiro atoms. The molecule has 24 heavy (non-hydrogen) atoms. The lowest BCUT2D eigenvalue weighted by molar-refractivity contribution is -0.145. The zero-order chi connectivity index (χ0) is 17.1. The Morgan fingerprint density at radius 2 is 2.08 bits per heavy atom. The van der Waals surface area contributed by atoms with Crippen LogP contribution in [-0.4, -0.2) is 44.5 Å². The first kappa shape index (κ1) is 16.2. The van der Waals surface area contributed by atoms with Gasteiger partial charge in [0.25, 0.3) is 5.56 Å². The summed E-state index contributed by atoms with van der Waals surface area (Å²) in [5.41, 5.74) is 0.459. The Hall–Kier alpha value is -2.70. The van der Waals surface area contributed by atoms with Crippen molar-refractivity contribution in [3.05, 3.63) is 40.9 Å². The van der Waals surface area contributed by atoms with Gasteiger partial charge >= 0.3 is 5.97 Å². The van der Waals surface area contributed by atoms with Crippen LogP contribution in [-0.2, 0) is 16.1 Å². The van der Waals surface area contributed by atoms with Crippen LogP contribution < -0.4 is 5.56 Å². The van der Waals surface area contributed by atoms with E-state index in [1.807, 2.05) is 6.07 Å². The third-order valence-electron chi connectivity index (χ3n) is 4.42. The average Bonchev–Trinajstić information content (AvgIpc) is 2.61. The summed E-state index contributed by atoms with van der Waals surface area (Å²) in [7, 11) is 0. The number of aromatic nitrogens is 2. The van der Waals surface area contributed by atoms with Gasteiger partial charge in [-0.25, -0.2) is 4.98 Å². The van der Waals surface area contributed by atoms with Gasteiger partial charge in [-0.15, -0.1) is 0 Å². The van der Waals surface area contributed by atoms with Gasteiger partial charge in [0.05, 0.1) is 23.1 Å². The second kappa shape index (κ2) is 6.82. The van der Waals surface area contributed by atoms with Crippen LogP contribution in [0, 0.1) is 5.92 Å². The Kier molecular flexibility index (Phi) is 4.59. The molecule has 1 N–H and O–H groups in total. The fourth-order valence-corrected chi connectivity index (χ4v) is 3.04. The van der Waals surface area contributed by atoms with Crippen LogP contribution in [0.5, 0.6) is 0 Å². The van der Waals surface area contributed by atoms with E-state index in [4.69, 9.17) is 5.11 Å². The maximum atomic E-state index is 12.4. The number of carbonyl (C=O) groups excluding carboxylic acids is 1. The summed E-state index contributed by atoms with van der Waals surface area (Å²) in [6.07, 6.45) is 2.91. The highest BCUT2D eigenvalue weighted by molar-refractivity contribution is 5.78. The molecule has 1 aliphatic rings. The number of carbonyl (C=O) groups is 2. The molecule has 1 amide bonds. The van der Waals surface area contributed by atoms with Crippen molar-refractivity contribution in [2.24, 2.45) is 5.92 Å². The maximum Gasteiger partial charge on any atom is 0.308 e. The first-order valence-electron chi connectivity index (χ1n) is 8.01. The highest BCUT2D eigenvalue weighted by Crippen LogP contribution is 2.17. The minimum atomic E-state index is -0.859. The third kappa shape index (κ3) is 3.29. The van der Waals surface area contributed by atoms with E-state index in [1.165, 1.54) is 10.9 Å². The predicted octanol–water partition coefficient (Wildman–Crippen LogP) is 1.11. The van der Waals surface area contributed by atoms with E-state index in [1.54, 1.807) is 23.1 Å². The van der Waals surface area contributed by atoms with Crippen molar-refractivity contribution in [3.63, 3.8) is 0 Å². The summed E-state index contributed by atoms with van der Waals surface area (Å²) in [5.74, 6) is -1.48. The van der Waals surface area contributed by atoms with Crippen molar-refractivity contribution in [1.82, 2.24) is 14.5 Å². The van der Waals surface area contributed by atoms with Crippen molar-refractivity contribution in [1.29, 1.82) is 0 Å². The zero-order valence-electron chi connectivity index (χ0n) is 13.2. The van der Waals surface area contributed by atoms with Gasteiger partial charge in [-0.05, 0) is 25.0 Å². The summed E-state index contributed by atoms with van der Waals surface area (Å²) in [4.78, 5) is 41.6. The van der Waals surface area contributed by atoms with E-state index in [9.17, 15) is 14.4 Å². The summed E-state index contributed by atoms with van der Waals surface area (Å²) >= 11 is 0. The summed E-state index contributed by atoms with van der Waals surface area (Å²) < 4.78 is 1.43. The minimum absolute atomic E-state index is 0.124. The van der Waals surface area contributed by atoms with E-state index in [2.05, 4.69) is 4.98 Å². The number of aryl methyl sites for hydroxylation is 1. The number of carboxylic acids is 1. The number of fused-ring (bicyclic) bond motifs is 1. The van der Waals surface area contributed by atoms with Crippen molar-refractivity contribution in [3.8, 4) is 0 Å². The number of nitrogens with zero attached hydrogens (tertiary/aromatic N) is 3. The van der Waals surface area contributed by atoms with Gasteiger partial charge in [0.15, 0.2) is 0 Å². The molecule has 1 aliphatic heterocycles. The van der Waals surface area contributed by atoms with Gasteiger partial charge in [0, 0.05) is 26.1 Å². The number of carboxylic acid groups (broad SMARTS) is 1. The highest BCUT2D eigenvalue weighted by Gasteiger charge is 2.27. The zero-order valence-corrected chi connectivity index (χ0v) is 13.2. The number of hydrogen-bond acceptors (Lipinski definition) is 4. The molecule has 0 unspecified atom stereocenters. The molecule has 7 nitrogen and oxygen atoms in total. The molecule has 2 heterocycles. The maximum absolute atomic E-state index is 12.4. The van der Waals surface area contributed by atoms with Gasteiger partial charge in [-0.1, -0.05) is 12.1 Å². The number of piperidine rings is 1.